The number of nitro benzene ring substituents is 1. The quantitative estimate of drug-likeness (QED) is 0.366. The zero-order chi connectivity index (χ0) is 23.6. The van der Waals surface area contributed by atoms with Crippen molar-refractivity contribution in [2.45, 2.75) is 20.0 Å². The van der Waals surface area contributed by atoms with Crippen molar-refractivity contribution < 1.29 is 29.5 Å². The Bertz CT molecular complexity index is 1170. The summed E-state index contributed by atoms with van der Waals surface area (Å²) in [4.78, 5) is 34.5. The largest absolute Gasteiger partial charge is 0.488 e. The van der Waals surface area contributed by atoms with Crippen molar-refractivity contribution in [3.05, 3.63) is 84.9 Å². The zero-order valence-electron chi connectivity index (χ0n) is 16.7. The molecular formula is C22H17BrClNO7. The van der Waals surface area contributed by atoms with E-state index in [-0.39, 0.29) is 45.7 Å². The molecule has 2 aromatic rings. The molecule has 0 bridgehead atoms. The highest BCUT2D eigenvalue weighted by Crippen LogP contribution is 2.47. The highest BCUT2D eigenvalue weighted by atomic mass is 79.9. The van der Waals surface area contributed by atoms with Crippen molar-refractivity contribution in [2.75, 3.05) is 0 Å². The van der Waals surface area contributed by atoms with Gasteiger partial charge >= 0.3 is 11.9 Å². The predicted octanol–water partition coefficient (Wildman–Crippen LogP) is 5.44. The minimum absolute atomic E-state index is 0.110. The molecule has 0 heterocycles. The third kappa shape index (κ3) is 4.84. The number of allylic oxidation sites excluding steroid dienone is 2. The fourth-order valence-electron chi connectivity index (χ4n) is 3.25. The van der Waals surface area contributed by atoms with Crippen LogP contribution >= 0.6 is 27.5 Å². The lowest BCUT2D eigenvalue weighted by Gasteiger charge is -2.29. The van der Waals surface area contributed by atoms with E-state index in [1.165, 1.54) is 31.2 Å². The lowest BCUT2D eigenvalue weighted by Crippen LogP contribution is -2.30. The lowest BCUT2D eigenvalue weighted by molar-refractivity contribution is -0.384. The number of carboxylic acids is 2. The second-order valence-electron chi connectivity index (χ2n) is 7.41. The Morgan fingerprint density at radius 2 is 1.88 bits per heavy atom. The highest BCUT2D eigenvalue weighted by molar-refractivity contribution is 9.12. The molecule has 166 valence electrons. The van der Waals surface area contributed by atoms with Gasteiger partial charge in [-0.15, -0.1) is 0 Å². The van der Waals surface area contributed by atoms with Crippen LogP contribution in [0.2, 0.25) is 5.02 Å². The van der Waals surface area contributed by atoms with Gasteiger partial charge in [-0.25, -0.2) is 4.79 Å². The van der Waals surface area contributed by atoms with Crippen LogP contribution in [0.25, 0.3) is 5.57 Å². The Hall–Kier alpha value is -3.17. The summed E-state index contributed by atoms with van der Waals surface area (Å²) in [6.45, 7) is 1.50. The van der Waals surface area contributed by atoms with Gasteiger partial charge in [-0.2, -0.15) is 0 Å². The summed E-state index contributed by atoms with van der Waals surface area (Å²) in [7, 11) is 0. The Kier molecular flexibility index (Phi) is 6.71. The Morgan fingerprint density at radius 1 is 1.22 bits per heavy atom. The number of hydrogen-bond acceptors (Lipinski definition) is 5. The van der Waals surface area contributed by atoms with Crippen molar-refractivity contribution >= 4 is 50.7 Å². The summed E-state index contributed by atoms with van der Waals surface area (Å²) >= 11 is 9.15. The molecule has 32 heavy (non-hydrogen) atoms. The van der Waals surface area contributed by atoms with Gasteiger partial charge in [0.05, 0.1) is 15.9 Å². The zero-order valence-corrected chi connectivity index (χ0v) is 19.0. The van der Waals surface area contributed by atoms with Crippen LogP contribution in [-0.4, -0.2) is 27.1 Å². The monoisotopic (exact) mass is 521 g/mol. The first kappa shape index (κ1) is 23.5. The second-order valence-corrected chi connectivity index (χ2v) is 8.64. The molecule has 1 atom stereocenters. The van der Waals surface area contributed by atoms with Gasteiger partial charge in [-0.1, -0.05) is 29.8 Å². The van der Waals surface area contributed by atoms with E-state index in [4.69, 9.17) is 16.3 Å². The molecule has 2 N–H and O–H groups in total. The molecule has 0 amide bonds. The number of non-ortho nitro benzene ring substituents is 1. The van der Waals surface area contributed by atoms with Crippen molar-refractivity contribution in [3.8, 4) is 5.75 Å². The van der Waals surface area contributed by atoms with Crippen LogP contribution in [0.15, 0.2) is 58.6 Å². The fraction of sp³-hybridized carbons (Fsp3) is 0.182. The van der Waals surface area contributed by atoms with E-state index in [0.717, 1.165) is 5.56 Å². The van der Waals surface area contributed by atoms with Crippen LogP contribution in [0, 0.1) is 15.5 Å². The van der Waals surface area contributed by atoms with E-state index in [0.29, 0.717) is 5.02 Å². The van der Waals surface area contributed by atoms with Crippen molar-refractivity contribution in [3.63, 3.8) is 0 Å². The van der Waals surface area contributed by atoms with Gasteiger partial charge in [0.2, 0.25) is 0 Å². The van der Waals surface area contributed by atoms with E-state index in [9.17, 15) is 29.9 Å². The molecule has 0 saturated heterocycles. The van der Waals surface area contributed by atoms with Crippen LogP contribution in [-0.2, 0) is 16.2 Å². The average molecular weight is 523 g/mol. The van der Waals surface area contributed by atoms with Crippen LogP contribution in [0.5, 0.6) is 5.75 Å². The Morgan fingerprint density at radius 3 is 2.44 bits per heavy atom. The van der Waals surface area contributed by atoms with Crippen molar-refractivity contribution in [2.24, 2.45) is 5.41 Å². The van der Waals surface area contributed by atoms with E-state index in [1.807, 2.05) is 0 Å². The number of nitrogens with zero attached hydrogens (tertiary/aromatic N) is 1. The fourth-order valence-corrected chi connectivity index (χ4v) is 4.02. The summed E-state index contributed by atoms with van der Waals surface area (Å²) in [5, 5.41) is 31.2. The molecule has 0 aliphatic heterocycles. The molecule has 0 radical (unpaired) electrons. The maximum atomic E-state index is 11.9. The normalized spacial score (nSPS) is 18.2. The highest BCUT2D eigenvalue weighted by Gasteiger charge is 2.40. The van der Waals surface area contributed by atoms with Crippen molar-refractivity contribution in [1.29, 1.82) is 0 Å². The van der Waals surface area contributed by atoms with Crippen LogP contribution in [0.3, 0.4) is 0 Å². The van der Waals surface area contributed by atoms with Gasteiger partial charge in [0, 0.05) is 33.6 Å². The van der Waals surface area contributed by atoms with E-state index >= 15 is 0 Å². The number of aliphatic carboxylic acids is 2. The van der Waals surface area contributed by atoms with Crippen LogP contribution in [0.4, 0.5) is 5.69 Å². The summed E-state index contributed by atoms with van der Waals surface area (Å²) in [5.74, 6) is -2.28. The minimum Gasteiger partial charge on any atom is -0.488 e. The van der Waals surface area contributed by atoms with Gasteiger partial charge < -0.3 is 14.9 Å². The third-order valence-corrected chi connectivity index (χ3v) is 6.18. The van der Waals surface area contributed by atoms with Gasteiger partial charge in [0.15, 0.2) is 0 Å². The number of carbonyl (C=O) groups is 2. The van der Waals surface area contributed by atoms with Crippen LogP contribution in [0.1, 0.15) is 24.5 Å². The summed E-state index contributed by atoms with van der Waals surface area (Å²) in [5.41, 5.74) is -0.757. The average Bonchev–Trinajstić information content (AvgIpc) is 2.74. The number of hydrogen-bond donors (Lipinski definition) is 2. The molecule has 0 saturated carbocycles. The molecule has 1 unspecified atom stereocenters. The molecular weight excluding hydrogens is 506 g/mol. The maximum Gasteiger partial charge on any atom is 0.332 e. The molecule has 0 fully saturated rings. The SMILES string of the molecule is CC1(C(=O)O)C=C(c2cc([N+](=O)[O-])ccc2OCc2ccc(Cl)cc2)C(Br)=C(C(=O)O)C1. The first-order valence-electron chi connectivity index (χ1n) is 9.26. The van der Waals surface area contributed by atoms with E-state index < -0.39 is 22.3 Å². The van der Waals surface area contributed by atoms with Crippen LogP contribution < -0.4 is 4.74 Å². The first-order chi connectivity index (χ1) is 15.0. The number of ether oxygens (including phenoxy) is 1. The summed E-state index contributed by atoms with van der Waals surface area (Å²) in [6.07, 6.45) is 1.14. The summed E-state index contributed by atoms with van der Waals surface area (Å²) < 4.78 is 6.02. The number of nitro groups is 1. The number of rotatable bonds is 7. The number of benzene rings is 2. The smallest absolute Gasteiger partial charge is 0.332 e. The molecule has 8 nitrogen and oxygen atoms in total. The lowest BCUT2D eigenvalue weighted by atomic mass is 9.76. The Labute approximate surface area is 196 Å². The first-order valence-corrected chi connectivity index (χ1v) is 10.4. The van der Waals surface area contributed by atoms with E-state index in [1.54, 1.807) is 24.3 Å². The van der Waals surface area contributed by atoms with Gasteiger partial charge in [0.25, 0.3) is 5.69 Å². The topological polar surface area (TPSA) is 127 Å². The van der Waals surface area contributed by atoms with E-state index in [2.05, 4.69) is 15.9 Å². The molecule has 10 heteroatoms. The number of halogens is 2. The molecule has 1 aliphatic rings. The molecule has 0 aromatic heterocycles. The standard InChI is InChI=1S/C22H17BrClNO7/c1-22(21(28)29)9-16(19(23)17(10-22)20(26)27)15-8-14(25(30)31)6-7-18(15)32-11-12-2-4-13(24)5-3-12/h2-9H,10-11H2,1H3,(H,26,27)(H,28,29). The molecule has 1 aliphatic carbocycles. The van der Waals surface area contributed by atoms with Gasteiger partial charge in [-0.3, -0.25) is 14.9 Å². The third-order valence-electron chi connectivity index (χ3n) is 5.03. The van der Waals surface area contributed by atoms with Gasteiger partial charge in [0.1, 0.15) is 12.4 Å². The molecule has 0 spiro atoms. The van der Waals surface area contributed by atoms with Crippen molar-refractivity contribution in [1.82, 2.24) is 0 Å². The maximum absolute atomic E-state index is 11.9. The minimum atomic E-state index is -1.53. The molecule has 3 rings (SSSR count). The summed E-state index contributed by atoms with van der Waals surface area (Å²) in [6, 6.07) is 10.8. The molecule has 2 aromatic carbocycles. The number of carboxylic acid groups (broad SMARTS) is 2. The Balaban J connectivity index is 2.13. The second kappa shape index (κ2) is 9.13. The predicted molar refractivity (Wildman–Crippen MR) is 121 cm³/mol. The van der Waals surface area contributed by atoms with Gasteiger partial charge in [-0.05, 0) is 52.2 Å².